The van der Waals surface area contributed by atoms with Gasteiger partial charge in [0.25, 0.3) is 0 Å². The van der Waals surface area contributed by atoms with Crippen LogP contribution >= 0.6 is 11.3 Å². The van der Waals surface area contributed by atoms with Crippen LogP contribution in [0.4, 0.5) is 0 Å². The van der Waals surface area contributed by atoms with Crippen molar-refractivity contribution in [3.8, 4) is 0 Å². The van der Waals surface area contributed by atoms with Gasteiger partial charge in [0.1, 0.15) is 0 Å². The zero-order valence-electron chi connectivity index (χ0n) is 10.7. The minimum Gasteiger partial charge on any atom is -0.481 e. The van der Waals surface area contributed by atoms with Crippen molar-refractivity contribution in [3.63, 3.8) is 0 Å². The second kappa shape index (κ2) is 4.63. The third-order valence-corrected chi connectivity index (χ3v) is 5.43. The van der Waals surface area contributed by atoms with Crippen LogP contribution in [0.3, 0.4) is 0 Å². The Balaban J connectivity index is 1.71. The summed E-state index contributed by atoms with van der Waals surface area (Å²) in [5, 5.41) is 11.5. The van der Waals surface area contributed by atoms with E-state index >= 15 is 0 Å². The molecule has 2 heterocycles. The fourth-order valence-electron chi connectivity index (χ4n) is 3.50. The number of carbonyl (C=O) groups excluding carboxylic acids is 1. The number of aliphatic carboxylic acids is 1. The van der Waals surface area contributed by atoms with Gasteiger partial charge in [-0.15, -0.1) is 11.3 Å². The summed E-state index contributed by atoms with van der Waals surface area (Å²) in [5.41, 5.74) is -0.662. The summed E-state index contributed by atoms with van der Waals surface area (Å²) in [6.07, 6.45) is 3.04. The monoisotopic (exact) mass is 279 g/mol. The Labute approximate surface area is 116 Å². The summed E-state index contributed by atoms with van der Waals surface area (Å²) in [6.45, 7) is 1.02. The molecular weight excluding hydrogens is 262 g/mol. The molecule has 1 N–H and O–H groups in total. The number of carbonyl (C=O) groups is 2. The molecule has 1 aromatic rings. The molecule has 2 atom stereocenters. The number of hydrogen-bond donors (Lipinski definition) is 1. The maximum Gasteiger partial charge on any atom is 0.311 e. The molecule has 2 aliphatic rings. The molecule has 2 fully saturated rings. The molecule has 1 saturated carbocycles. The van der Waals surface area contributed by atoms with Crippen LogP contribution in [0.1, 0.15) is 24.1 Å². The standard InChI is InChI=1S/C14H17NO3S/c16-12(7-11-4-2-6-19-11)15-8-10-3-1-5-14(10,9-15)13(17)18/h2,4,6,10H,1,3,5,7-9H2,(H,17,18)/t10-,14+/m0/s1. The molecule has 5 heteroatoms. The first-order valence-electron chi connectivity index (χ1n) is 6.65. The first kappa shape index (κ1) is 12.7. The first-order valence-corrected chi connectivity index (χ1v) is 7.53. The number of hydrogen-bond acceptors (Lipinski definition) is 3. The van der Waals surface area contributed by atoms with Gasteiger partial charge in [-0.3, -0.25) is 9.59 Å². The van der Waals surface area contributed by atoms with Gasteiger partial charge in [0, 0.05) is 18.0 Å². The van der Waals surface area contributed by atoms with E-state index in [0.717, 1.165) is 24.1 Å². The van der Waals surface area contributed by atoms with E-state index in [9.17, 15) is 14.7 Å². The van der Waals surface area contributed by atoms with E-state index in [4.69, 9.17) is 0 Å². The van der Waals surface area contributed by atoms with E-state index in [1.54, 1.807) is 16.2 Å². The molecule has 1 aliphatic heterocycles. The van der Waals surface area contributed by atoms with Gasteiger partial charge in [0.05, 0.1) is 11.8 Å². The fraction of sp³-hybridized carbons (Fsp3) is 0.571. The van der Waals surface area contributed by atoms with E-state index in [1.807, 2.05) is 17.5 Å². The molecular formula is C14H17NO3S. The SMILES string of the molecule is O=C(Cc1cccs1)N1C[C@@H]2CCC[C@@]2(C(=O)O)C1. The van der Waals surface area contributed by atoms with Gasteiger partial charge in [0.2, 0.25) is 5.91 Å². The number of fused-ring (bicyclic) bond motifs is 1. The van der Waals surface area contributed by atoms with E-state index in [1.165, 1.54) is 0 Å². The minimum atomic E-state index is -0.721. The van der Waals surface area contributed by atoms with Crippen LogP contribution in [-0.4, -0.2) is 35.0 Å². The van der Waals surface area contributed by atoms with Gasteiger partial charge < -0.3 is 10.0 Å². The topological polar surface area (TPSA) is 57.6 Å². The number of thiophene rings is 1. The molecule has 0 aromatic carbocycles. The van der Waals surface area contributed by atoms with Crippen molar-refractivity contribution in [2.45, 2.75) is 25.7 Å². The van der Waals surface area contributed by atoms with Gasteiger partial charge in [-0.25, -0.2) is 0 Å². The average molecular weight is 279 g/mol. The van der Waals surface area contributed by atoms with Crippen molar-refractivity contribution >= 4 is 23.2 Å². The van der Waals surface area contributed by atoms with E-state index in [2.05, 4.69) is 0 Å². The molecule has 0 unspecified atom stereocenters. The molecule has 3 rings (SSSR count). The summed E-state index contributed by atoms with van der Waals surface area (Å²) in [7, 11) is 0. The lowest BCUT2D eigenvalue weighted by Gasteiger charge is -2.23. The highest BCUT2D eigenvalue weighted by Crippen LogP contribution is 2.48. The Kier molecular flexibility index (Phi) is 3.09. The molecule has 19 heavy (non-hydrogen) atoms. The van der Waals surface area contributed by atoms with Crippen molar-refractivity contribution in [1.82, 2.24) is 4.90 Å². The van der Waals surface area contributed by atoms with Crippen molar-refractivity contribution in [1.29, 1.82) is 0 Å². The number of nitrogens with zero attached hydrogens (tertiary/aromatic N) is 1. The molecule has 0 radical (unpaired) electrons. The highest BCUT2D eigenvalue weighted by Gasteiger charge is 2.55. The summed E-state index contributed by atoms with van der Waals surface area (Å²) in [5.74, 6) is -0.504. The minimum absolute atomic E-state index is 0.0671. The lowest BCUT2D eigenvalue weighted by molar-refractivity contribution is -0.149. The smallest absolute Gasteiger partial charge is 0.311 e. The second-order valence-corrected chi connectivity index (χ2v) is 6.61. The number of carboxylic acids is 1. The fourth-order valence-corrected chi connectivity index (χ4v) is 4.20. The lowest BCUT2D eigenvalue weighted by Crippen LogP contribution is -2.37. The number of carboxylic acid groups (broad SMARTS) is 1. The Morgan fingerprint density at radius 3 is 3.00 bits per heavy atom. The van der Waals surface area contributed by atoms with Crippen LogP contribution in [0.5, 0.6) is 0 Å². The number of amides is 1. The van der Waals surface area contributed by atoms with E-state index in [0.29, 0.717) is 19.5 Å². The zero-order valence-corrected chi connectivity index (χ0v) is 11.5. The average Bonchev–Trinajstić information content (AvgIpc) is 3.01. The lowest BCUT2D eigenvalue weighted by atomic mass is 9.81. The summed E-state index contributed by atoms with van der Waals surface area (Å²) in [4.78, 5) is 26.6. The third-order valence-electron chi connectivity index (χ3n) is 4.55. The summed E-state index contributed by atoms with van der Waals surface area (Å²) >= 11 is 1.57. The van der Waals surface area contributed by atoms with Crippen molar-refractivity contribution in [2.24, 2.45) is 11.3 Å². The largest absolute Gasteiger partial charge is 0.481 e. The normalized spacial score (nSPS) is 29.5. The molecule has 102 valence electrons. The second-order valence-electron chi connectivity index (χ2n) is 5.58. The molecule has 4 nitrogen and oxygen atoms in total. The maximum atomic E-state index is 12.2. The van der Waals surface area contributed by atoms with Crippen LogP contribution in [0.25, 0.3) is 0 Å². The van der Waals surface area contributed by atoms with Crippen LogP contribution in [0, 0.1) is 11.3 Å². The van der Waals surface area contributed by atoms with Crippen LogP contribution < -0.4 is 0 Å². The predicted molar refractivity (Wildman–Crippen MR) is 72.0 cm³/mol. The Morgan fingerprint density at radius 2 is 2.37 bits per heavy atom. The third kappa shape index (κ3) is 2.06. The van der Waals surface area contributed by atoms with Crippen molar-refractivity contribution in [3.05, 3.63) is 22.4 Å². The van der Waals surface area contributed by atoms with Crippen LogP contribution in [0.15, 0.2) is 17.5 Å². The van der Waals surface area contributed by atoms with E-state index in [-0.39, 0.29) is 11.8 Å². The number of likely N-dealkylation sites (tertiary alicyclic amines) is 1. The summed E-state index contributed by atoms with van der Waals surface area (Å²) < 4.78 is 0. The maximum absolute atomic E-state index is 12.2. The number of rotatable bonds is 3. The predicted octanol–water partition coefficient (Wildman–Crippen LogP) is 2.00. The van der Waals surface area contributed by atoms with Gasteiger partial charge in [-0.1, -0.05) is 12.5 Å². The van der Waals surface area contributed by atoms with Gasteiger partial charge in [-0.2, -0.15) is 0 Å². The van der Waals surface area contributed by atoms with Crippen LogP contribution in [0.2, 0.25) is 0 Å². The highest BCUT2D eigenvalue weighted by atomic mass is 32.1. The van der Waals surface area contributed by atoms with Crippen LogP contribution in [-0.2, 0) is 16.0 Å². The molecule has 1 aromatic heterocycles. The Morgan fingerprint density at radius 1 is 1.53 bits per heavy atom. The van der Waals surface area contributed by atoms with Gasteiger partial charge in [-0.05, 0) is 30.2 Å². The molecule has 1 saturated heterocycles. The first-order chi connectivity index (χ1) is 9.12. The molecule has 0 spiro atoms. The Bertz CT molecular complexity index is 499. The highest BCUT2D eigenvalue weighted by molar-refractivity contribution is 7.10. The van der Waals surface area contributed by atoms with Gasteiger partial charge in [0.15, 0.2) is 0 Å². The summed E-state index contributed by atoms with van der Waals surface area (Å²) in [6, 6.07) is 3.89. The molecule has 1 amide bonds. The Hall–Kier alpha value is -1.36. The van der Waals surface area contributed by atoms with E-state index < -0.39 is 11.4 Å². The molecule has 1 aliphatic carbocycles. The quantitative estimate of drug-likeness (QED) is 0.920. The van der Waals surface area contributed by atoms with Gasteiger partial charge >= 0.3 is 5.97 Å². The van der Waals surface area contributed by atoms with Crippen molar-refractivity contribution < 1.29 is 14.7 Å². The molecule has 0 bridgehead atoms. The zero-order chi connectivity index (χ0) is 13.5. The van der Waals surface area contributed by atoms with Crippen molar-refractivity contribution in [2.75, 3.05) is 13.1 Å².